The minimum atomic E-state index is -0.400. The molecule has 0 heterocycles. The normalized spacial score (nSPS) is 9.76. The molecule has 0 aliphatic heterocycles. The summed E-state index contributed by atoms with van der Waals surface area (Å²) in [6, 6.07) is 8.93. The molecule has 0 saturated heterocycles. The van der Waals surface area contributed by atoms with E-state index in [9.17, 15) is 9.59 Å². The van der Waals surface area contributed by atoms with E-state index in [1.807, 2.05) is 13.0 Å². The van der Waals surface area contributed by atoms with Crippen LogP contribution < -0.4 is 0 Å². The van der Waals surface area contributed by atoms with Gasteiger partial charge in [-0.2, -0.15) is 0 Å². The van der Waals surface area contributed by atoms with Crippen molar-refractivity contribution in [2.75, 3.05) is 20.2 Å². The van der Waals surface area contributed by atoms with E-state index >= 15 is 0 Å². The van der Waals surface area contributed by atoms with Crippen LogP contribution in [0.3, 0.4) is 0 Å². The monoisotopic (exact) mass is 235 g/mol. The van der Waals surface area contributed by atoms with Crippen LogP contribution in [0.4, 0.5) is 0 Å². The number of carbonyl (C=O) groups excluding carboxylic acids is 2. The van der Waals surface area contributed by atoms with Crippen LogP contribution in [0.15, 0.2) is 30.3 Å². The van der Waals surface area contributed by atoms with E-state index in [-0.39, 0.29) is 12.5 Å². The van der Waals surface area contributed by atoms with Crippen molar-refractivity contribution in [1.82, 2.24) is 4.90 Å². The number of hydrogen-bond acceptors (Lipinski definition) is 3. The Hall–Kier alpha value is -1.84. The lowest BCUT2D eigenvalue weighted by Crippen LogP contribution is -2.36. The summed E-state index contributed by atoms with van der Waals surface area (Å²) < 4.78 is 4.58. The molecule has 0 unspecified atom stereocenters. The molecule has 1 amide bonds. The molecule has 0 N–H and O–H groups in total. The third-order valence-electron chi connectivity index (χ3n) is 2.35. The van der Waals surface area contributed by atoms with Gasteiger partial charge in [0.15, 0.2) is 0 Å². The van der Waals surface area contributed by atoms with Gasteiger partial charge in [0.05, 0.1) is 7.11 Å². The Labute approximate surface area is 101 Å². The Balaban J connectivity index is 2.77. The lowest BCUT2D eigenvalue weighted by atomic mass is 10.2. The van der Waals surface area contributed by atoms with Gasteiger partial charge in [-0.3, -0.25) is 9.59 Å². The first-order valence-electron chi connectivity index (χ1n) is 5.60. The van der Waals surface area contributed by atoms with Crippen LogP contribution in [0, 0.1) is 0 Å². The van der Waals surface area contributed by atoms with Crippen molar-refractivity contribution < 1.29 is 14.3 Å². The average Bonchev–Trinajstić information content (AvgIpc) is 2.38. The van der Waals surface area contributed by atoms with Gasteiger partial charge in [-0.1, -0.05) is 25.1 Å². The number of rotatable bonds is 5. The minimum Gasteiger partial charge on any atom is -0.468 e. The smallest absolute Gasteiger partial charge is 0.325 e. The fourth-order valence-corrected chi connectivity index (χ4v) is 1.51. The quantitative estimate of drug-likeness (QED) is 0.730. The van der Waals surface area contributed by atoms with Gasteiger partial charge in [-0.25, -0.2) is 0 Å². The molecule has 1 aromatic carbocycles. The summed E-state index contributed by atoms with van der Waals surface area (Å²) in [5.74, 6) is -0.541. The van der Waals surface area contributed by atoms with E-state index in [1.165, 1.54) is 12.0 Å². The van der Waals surface area contributed by atoms with E-state index in [0.717, 1.165) is 6.42 Å². The summed E-state index contributed by atoms with van der Waals surface area (Å²) >= 11 is 0. The summed E-state index contributed by atoms with van der Waals surface area (Å²) in [6.07, 6.45) is 0.801. The fourth-order valence-electron chi connectivity index (χ4n) is 1.51. The maximum absolute atomic E-state index is 12.1. The molecule has 0 spiro atoms. The van der Waals surface area contributed by atoms with Gasteiger partial charge in [0.25, 0.3) is 5.91 Å². The Morgan fingerprint density at radius 2 is 1.88 bits per heavy atom. The van der Waals surface area contributed by atoms with Crippen LogP contribution in [0.2, 0.25) is 0 Å². The molecule has 0 aromatic heterocycles. The van der Waals surface area contributed by atoms with E-state index < -0.39 is 5.97 Å². The number of amides is 1. The van der Waals surface area contributed by atoms with Gasteiger partial charge in [0, 0.05) is 12.1 Å². The standard InChI is InChI=1S/C13H17NO3/c1-3-9-14(10-12(15)17-2)13(16)11-7-5-4-6-8-11/h4-8H,3,9-10H2,1-2H3. The Bertz CT molecular complexity index is 376. The van der Waals surface area contributed by atoms with Gasteiger partial charge < -0.3 is 9.64 Å². The van der Waals surface area contributed by atoms with Gasteiger partial charge >= 0.3 is 5.97 Å². The zero-order valence-electron chi connectivity index (χ0n) is 10.2. The summed E-state index contributed by atoms with van der Waals surface area (Å²) in [6.45, 7) is 2.50. The highest BCUT2D eigenvalue weighted by atomic mass is 16.5. The maximum atomic E-state index is 12.1. The highest BCUT2D eigenvalue weighted by molar-refractivity contribution is 5.95. The van der Waals surface area contributed by atoms with Crippen molar-refractivity contribution in [3.05, 3.63) is 35.9 Å². The molecule has 1 aromatic rings. The molecular weight excluding hydrogens is 218 g/mol. The SMILES string of the molecule is CCCN(CC(=O)OC)C(=O)c1ccccc1. The Morgan fingerprint density at radius 1 is 1.24 bits per heavy atom. The predicted octanol–water partition coefficient (Wildman–Crippen LogP) is 1.71. The average molecular weight is 235 g/mol. The van der Waals surface area contributed by atoms with Gasteiger partial charge in [-0.15, -0.1) is 0 Å². The maximum Gasteiger partial charge on any atom is 0.325 e. The Morgan fingerprint density at radius 3 is 2.41 bits per heavy atom. The summed E-state index contributed by atoms with van der Waals surface area (Å²) in [5, 5.41) is 0. The first-order chi connectivity index (χ1) is 8.19. The topological polar surface area (TPSA) is 46.6 Å². The third-order valence-corrected chi connectivity index (χ3v) is 2.35. The summed E-state index contributed by atoms with van der Waals surface area (Å²) in [7, 11) is 1.32. The second kappa shape index (κ2) is 6.68. The molecule has 4 heteroatoms. The molecule has 0 aliphatic carbocycles. The van der Waals surface area contributed by atoms with Crippen LogP contribution in [0.5, 0.6) is 0 Å². The van der Waals surface area contributed by atoms with Crippen molar-refractivity contribution in [2.24, 2.45) is 0 Å². The first kappa shape index (κ1) is 13.2. The van der Waals surface area contributed by atoms with Gasteiger partial charge in [0.2, 0.25) is 0 Å². The highest BCUT2D eigenvalue weighted by Crippen LogP contribution is 2.05. The summed E-state index contributed by atoms with van der Waals surface area (Å²) in [4.78, 5) is 24.8. The lowest BCUT2D eigenvalue weighted by Gasteiger charge is -2.20. The molecule has 4 nitrogen and oxygen atoms in total. The number of benzene rings is 1. The second-order valence-corrected chi connectivity index (χ2v) is 3.67. The lowest BCUT2D eigenvalue weighted by molar-refractivity contribution is -0.141. The largest absolute Gasteiger partial charge is 0.468 e. The number of nitrogens with zero attached hydrogens (tertiary/aromatic N) is 1. The van der Waals surface area contributed by atoms with E-state index in [0.29, 0.717) is 12.1 Å². The van der Waals surface area contributed by atoms with E-state index in [4.69, 9.17) is 0 Å². The highest BCUT2D eigenvalue weighted by Gasteiger charge is 2.17. The molecule has 0 bridgehead atoms. The molecule has 17 heavy (non-hydrogen) atoms. The molecule has 92 valence electrons. The molecule has 0 aliphatic rings. The molecule has 0 radical (unpaired) electrons. The van der Waals surface area contributed by atoms with Gasteiger partial charge in [0.1, 0.15) is 6.54 Å². The number of carbonyl (C=O) groups is 2. The number of hydrogen-bond donors (Lipinski definition) is 0. The molecular formula is C13H17NO3. The number of ether oxygens (including phenoxy) is 1. The number of esters is 1. The zero-order chi connectivity index (χ0) is 12.7. The molecule has 0 atom stereocenters. The van der Waals surface area contributed by atoms with Crippen molar-refractivity contribution >= 4 is 11.9 Å². The molecule has 1 rings (SSSR count). The van der Waals surface area contributed by atoms with E-state index in [2.05, 4.69) is 4.74 Å². The van der Waals surface area contributed by atoms with Crippen LogP contribution in [0.25, 0.3) is 0 Å². The van der Waals surface area contributed by atoms with Crippen molar-refractivity contribution in [2.45, 2.75) is 13.3 Å². The van der Waals surface area contributed by atoms with Crippen LogP contribution in [-0.4, -0.2) is 37.0 Å². The first-order valence-corrected chi connectivity index (χ1v) is 5.60. The summed E-state index contributed by atoms with van der Waals surface area (Å²) in [5.41, 5.74) is 0.588. The van der Waals surface area contributed by atoms with Crippen LogP contribution in [0.1, 0.15) is 23.7 Å². The van der Waals surface area contributed by atoms with Crippen molar-refractivity contribution in [3.8, 4) is 0 Å². The third kappa shape index (κ3) is 3.90. The van der Waals surface area contributed by atoms with Crippen molar-refractivity contribution in [3.63, 3.8) is 0 Å². The number of methoxy groups -OCH3 is 1. The minimum absolute atomic E-state index is 0.00192. The van der Waals surface area contributed by atoms with Crippen LogP contribution >= 0.6 is 0 Å². The second-order valence-electron chi connectivity index (χ2n) is 3.67. The predicted molar refractivity (Wildman–Crippen MR) is 64.7 cm³/mol. The fraction of sp³-hybridized carbons (Fsp3) is 0.385. The van der Waals surface area contributed by atoms with Crippen LogP contribution in [-0.2, 0) is 9.53 Å². The van der Waals surface area contributed by atoms with E-state index in [1.54, 1.807) is 24.3 Å². The zero-order valence-corrected chi connectivity index (χ0v) is 10.2. The molecule has 0 fully saturated rings. The van der Waals surface area contributed by atoms with Crippen molar-refractivity contribution in [1.29, 1.82) is 0 Å². The van der Waals surface area contributed by atoms with Gasteiger partial charge in [-0.05, 0) is 18.6 Å². The Kier molecular flexibility index (Phi) is 5.20. The molecule has 0 saturated carbocycles.